The standard InChI is InChI=1S/C11H18O4S/c12-10(13)8-16-9-1-4-15-11(7-9)2-5-14-6-3-11/h9H,1-8H2,(H,12,13). The van der Waals surface area contributed by atoms with Crippen LogP contribution in [-0.2, 0) is 14.3 Å². The number of hydrogen-bond donors (Lipinski definition) is 1. The predicted molar refractivity (Wildman–Crippen MR) is 61.9 cm³/mol. The highest BCUT2D eigenvalue weighted by Crippen LogP contribution is 2.38. The molecule has 0 saturated carbocycles. The number of aliphatic carboxylic acids is 1. The van der Waals surface area contributed by atoms with Crippen molar-refractivity contribution in [2.24, 2.45) is 0 Å². The molecule has 2 heterocycles. The number of hydrogen-bond acceptors (Lipinski definition) is 4. The van der Waals surface area contributed by atoms with Crippen LogP contribution in [-0.4, -0.2) is 47.5 Å². The van der Waals surface area contributed by atoms with Crippen molar-refractivity contribution in [3.63, 3.8) is 0 Å². The number of carboxylic acid groups (broad SMARTS) is 1. The molecule has 92 valence electrons. The minimum absolute atomic E-state index is 0.0212. The largest absolute Gasteiger partial charge is 0.481 e. The van der Waals surface area contributed by atoms with Crippen LogP contribution in [0.2, 0.25) is 0 Å². The summed E-state index contributed by atoms with van der Waals surface area (Å²) >= 11 is 1.55. The Balaban J connectivity index is 1.85. The van der Waals surface area contributed by atoms with Crippen LogP contribution in [0.1, 0.15) is 25.7 Å². The first-order valence-electron chi connectivity index (χ1n) is 5.75. The zero-order valence-corrected chi connectivity index (χ0v) is 10.1. The molecule has 0 aromatic rings. The first-order chi connectivity index (χ1) is 7.70. The molecule has 2 rings (SSSR count). The summed E-state index contributed by atoms with van der Waals surface area (Å²) in [4.78, 5) is 10.5. The summed E-state index contributed by atoms with van der Waals surface area (Å²) in [6.07, 6.45) is 3.86. The zero-order valence-electron chi connectivity index (χ0n) is 9.31. The highest BCUT2D eigenvalue weighted by molar-refractivity contribution is 8.00. The molecular formula is C11H18O4S. The Morgan fingerprint density at radius 3 is 2.81 bits per heavy atom. The van der Waals surface area contributed by atoms with Crippen LogP contribution in [0.25, 0.3) is 0 Å². The molecule has 0 radical (unpaired) electrons. The second kappa shape index (κ2) is 5.38. The Bertz CT molecular complexity index is 245. The summed E-state index contributed by atoms with van der Waals surface area (Å²) in [6.45, 7) is 2.31. The molecule has 2 aliphatic rings. The fourth-order valence-electron chi connectivity index (χ4n) is 2.41. The van der Waals surface area contributed by atoms with Crippen molar-refractivity contribution < 1.29 is 19.4 Å². The van der Waals surface area contributed by atoms with Gasteiger partial charge in [-0.05, 0) is 25.7 Å². The predicted octanol–water partition coefficient (Wildman–Crippen LogP) is 1.53. The van der Waals surface area contributed by atoms with Crippen molar-refractivity contribution >= 4 is 17.7 Å². The van der Waals surface area contributed by atoms with Crippen LogP contribution < -0.4 is 0 Å². The minimum Gasteiger partial charge on any atom is -0.481 e. The first kappa shape index (κ1) is 12.2. The number of carbonyl (C=O) groups is 1. The van der Waals surface area contributed by atoms with Gasteiger partial charge in [-0.25, -0.2) is 0 Å². The van der Waals surface area contributed by atoms with Gasteiger partial charge in [-0.2, -0.15) is 0 Å². The Hall–Kier alpha value is -0.260. The maximum absolute atomic E-state index is 10.5. The summed E-state index contributed by atoms with van der Waals surface area (Å²) in [7, 11) is 0. The lowest BCUT2D eigenvalue weighted by atomic mass is 9.86. The molecule has 5 heteroatoms. The number of ether oxygens (including phenoxy) is 2. The molecule has 1 spiro atoms. The molecule has 0 aromatic heterocycles. The molecule has 2 saturated heterocycles. The fraction of sp³-hybridized carbons (Fsp3) is 0.909. The third kappa shape index (κ3) is 3.12. The van der Waals surface area contributed by atoms with Crippen molar-refractivity contribution in [3.8, 4) is 0 Å². The van der Waals surface area contributed by atoms with Gasteiger partial charge in [-0.1, -0.05) is 0 Å². The van der Waals surface area contributed by atoms with Gasteiger partial charge in [0.2, 0.25) is 0 Å². The molecule has 16 heavy (non-hydrogen) atoms. The normalized spacial score (nSPS) is 29.1. The topological polar surface area (TPSA) is 55.8 Å². The smallest absolute Gasteiger partial charge is 0.313 e. The van der Waals surface area contributed by atoms with Crippen LogP contribution in [0.15, 0.2) is 0 Å². The maximum atomic E-state index is 10.5. The number of carboxylic acids is 1. The Labute approximate surface area is 99.7 Å². The molecule has 1 unspecified atom stereocenters. The molecule has 1 N–H and O–H groups in total. The van der Waals surface area contributed by atoms with Crippen LogP contribution in [0.5, 0.6) is 0 Å². The van der Waals surface area contributed by atoms with Gasteiger partial charge in [0.25, 0.3) is 0 Å². The first-order valence-corrected chi connectivity index (χ1v) is 6.80. The Kier molecular flexibility index (Phi) is 4.10. The van der Waals surface area contributed by atoms with Crippen molar-refractivity contribution in [1.29, 1.82) is 0 Å². The van der Waals surface area contributed by atoms with E-state index in [-0.39, 0.29) is 11.4 Å². The van der Waals surface area contributed by atoms with Crippen LogP contribution >= 0.6 is 11.8 Å². The van der Waals surface area contributed by atoms with Crippen LogP contribution in [0.3, 0.4) is 0 Å². The van der Waals surface area contributed by atoms with Crippen LogP contribution in [0.4, 0.5) is 0 Å². The van der Waals surface area contributed by atoms with E-state index in [9.17, 15) is 4.79 Å². The SMILES string of the molecule is O=C(O)CSC1CCOC2(CCOCC2)C1. The van der Waals surface area contributed by atoms with E-state index in [0.717, 1.165) is 45.5 Å². The van der Waals surface area contributed by atoms with E-state index in [2.05, 4.69) is 0 Å². The highest BCUT2D eigenvalue weighted by Gasteiger charge is 2.39. The number of rotatable bonds is 3. The van der Waals surface area contributed by atoms with Gasteiger partial charge in [0.05, 0.1) is 11.4 Å². The Morgan fingerprint density at radius 2 is 2.12 bits per heavy atom. The molecule has 2 aliphatic heterocycles. The van der Waals surface area contributed by atoms with Crippen molar-refractivity contribution in [2.75, 3.05) is 25.6 Å². The van der Waals surface area contributed by atoms with Gasteiger partial charge in [0, 0.05) is 25.1 Å². The molecular weight excluding hydrogens is 228 g/mol. The molecule has 2 fully saturated rings. The summed E-state index contributed by atoms with van der Waals surface area (Å²) in [5.41, 5.74) is -0.0212. The third-order valence-electron chi connectivity index (χ3n) is 3.29. The summed E-state index contributed by atoms with van der Waals surface area (Å²) in [5.74, 6) is -0.519. The van der Waals surface area contributed by atoms with E-state index in [0.29, 0.717) is 5.25 Å². The molecule has 0 aliphatic carbocycles. The van der Waals surface area contributed by atoms with E-state index in [4.69, 9.17) is 14.6 Å². The van der Waals surface area contributed by atoms with Crippen molar-refractivity contribution in [3.05, 3.63) is 0 Å². The van der Waals surface area contributed by atoms with Gasteiger partial charge < -0.3 is 14.6 Å². The molecule has 1 atom stereocenters. The lowest BCUT2D eigenvalue weighted by Crippen LogP contribution is -2.45. The van der Waals surface area contributed by atoms with Gasteiger partial charge >= 0.3 is 5.97 Å². The second-order valence-corrected chi connectivity index (χ2v) is 5.75. The van der Waals surface area contributed by atoms with E-state index in [1.165, 1.54) is 0 Å². The van der Waals surface area contributed by atoms with Crippen LogP contribution in [0, 0.1) is 0 Å². The van der Waals surface area contributed by atoms with Gasteiger partial charge in [-0.15, -0.1) is 11.8 Å². The van der Waals surface area contributed by atoms with E-state index in [1.807, 2.05) is 0 Å². The van der Waals surface area contributed by atoms with Gasteiger partial charge in [-0.3, -0.25) is 4.79 Å². The summed E-state index contributed by atoms with van der Waals surface area (Å²) in [6, 6.07) is 0. The van der Waals surface area contributed by atoms with E-state index in [1.54, 1.807) is 11.8 Å². The van der Waals surface area contributed by atoms with Gasteiger partial charge in [0.15, 0.2) is 0 Å². The molecule has 0 bridgehead atoms. The summed E-state index contributed by atoms with van der Waals surface area (Å²) in [5, 5.41) is 9.11. The minimum atomic E-state index is -0.725. The fourth-order valence-corrected chi connectivity index (χ4v) is 3.47. The monoisotopic (exact) mass is 246 g/mol. The Morgan fingerprint density at radius 1 is 1.38 bits per heavy atom. The van der Waals surface area contributed by atoms with Crippen molar-refractivity contribution in [1.82, 2.24) is 0 Å². The van der Waals surface area contributed by atoms with Gasteiger partial charge in [0.1, 0.15) is 0 Å². The second-order valence-electron chi connectivity index (χ2n) is 4.46. The van der Waals surface area contributed by atoms with Crippen molar-refractivity contribution in [2.45, 2.75) is 36.5 Å². The third-order valence-corrected chi connectivity index (χ3v) is 4.58. The lowest BCUT2D eigenvalue weighted by molar-refractivity contribution is -0.134. The number of thioether (sulfide) groups is 1. The highest BCUT2D eigenvalue weighted by atomic mass is 32.2. The molecule has 0 amide bonds. The summed E-state index contributed by atoms with van der Waals surface area (Å²) < 4.78 is 11.3. The average molecular weight is 246 g/mol. The average Bonchev–Trinajstić information content (AvgIpc) is 2.28. The quantitative estimate of drug-likeness (QED) is 0.818. The molecule has 0 aromatic carbocycles. The lowest BCUT2D eigenvalue weighted by Gasteiger charge is -2.43. The van der Waals surface area contributed by atoms with E-state index >= 15 is 0 Å². The van der Waals surface area contributed by atoms with E-state index < -0.39 is 5.97 Å². The zero-order chi connectivity index (χ0) is 11.4. The maximum Gasteiger partial charge on any atom is 0.313 e. The molecule has 4 nitrogen and oxygen atoms in total.